The van der Waals surface area contributed by atoms with Crippen molar-refractivity contribution < 1.29 is 77.2 Å². The number of hydrogen-bond donors (Lipinski definition) is 14. The Hall–Kier alpha value is -9.60. The van der Waals surface area contributed by atoms with Crippen molar-refractivity contribution >= 4 is 87.4 Å². The standard InChI is InChI=1S/C62H83FN12O15/c1-33(2)23-46(51(79)27-38(12-10-22-68-61(66)67-5)58(87)74-50(57(65)86)26-40-31-69-45-15-9-7-13-42(40)45)75-62(90)70-32-54(82)48(25-37-11-6-8-14-44(37)63)73-60(89)43(34(3)76)29-53(81)49(30-55(64)83)72-59(88)39(18-21-56(84)85)28-52(80)47(71-35(4)77)24-36-16-19-41(78)20-17-36/h6-9,11,13-17,19-20,31,33-34,38-39,43,46-50,69,76,78H,10,12,18,21-30,32H2,1-5H3,(H2,64,83)(H2,65,86)(H,71,77)(H,72,88)(H,73,89)(H,74,87)(H,84,85)(H3,66,67,68)(H2,70,75,90)/t34-,38-,39-,43+,46+,47-,48+,49+,50+/m1/s1. The molecule has 0 unspecified atom stereocenters. The van der Waals surface area contributed by atoms with Crippen LogP contribution in [0.2, 0.25) is 0 Å². The number of nitrogens with one attached hydrogen (secondary N) is 8. The lowest BCUT2D eigenvalue weighted by Gasteiger charge is -2.26. The van der Waals surface area contributed by atoms with E-state index in [2.05, 4.69) is 47.2 Å². The van der Waals surface area contributed by atoms with Crippen molar-refractivity contribution in [2.45, 2.75) is 141 Å². The first-order valence-corrected chi connectivity index (χ1v) is 29.4. The molecule has 0 aliphatic rings. The zero-order valence-electron chi connectivity index (χ0n) is 51.0. The Labute approximate surface area is 519 Å². The third kappa shape index (κ3) is 24.5. The van der Waals surface area contributed by atoms with Gasteiger partial charge in [-0.25, -0.2) is 9.18 Å². The lowest BCUT2D eigenvalue weighted by atomic mass is 9.89. The summed E-state index contributed by atoms with van der Waals surface area (Å²) in [6, 6.07) is 10.1. The van der Waals surface area contributed by atoms with Gasteiger partial charge in [-0.3, -0.25) is 57.7 Å². The van der Waals surface area contributed by atoms with Crippen LogP contribution in [0.4, 0.5) is 9.18 Å². The lowest BCUT2D eigenvalue weighted by Crippen LogP contribution is -2.53. The number of carbonyl (C=O) groups excluding carboxylic acids is 11. The molecule has 0 aliphatic carbocycles. The quantitative estimate of drug-likeness (QED) is 0.0168. The Kier molecular flexibility index (Phi) is 29.2. The van der Waals surface area contributed by atoms with Crippen molar-refractivity contribution in [3.8, 4) is 5.75 Å². The number of amides is 8. The highest BCUT2D eigenvalue weighted by Gasteiger charge is 2.37. The Bertz CT molecular complexity index is 3220. The van der Waals surface area contributed by atoms with Gasteiger partial charge in [0.15, 0.2) is 29.1 Å². The number of aliphatic hydroxyl groups is 1. The van der Waals surface area contributed by atoms with Crippen molar-refractivity contribution in [1.29, 1.82) is 0 Å². The second-order valence-corrected chi connectivity index (χ2v) is 22.6. The number of aromatic hydroxyl groups is 1. The molecule has 3 aromatic carbocycles. The summed E-state index contributed by atoms with van der Waals surface area (Å²) in [4.78, 5) is 168. The lowest BCUT2D eigenvalue weighted by molar-refractivity contribution is -0.139. The number of hydrogen-bond acceptors (Lipinski definition) is 15. The zero-order chi connectivity index (χ0) is 66.8. The molecule has 28 heteroatoms. The summed E-state index contributed by atoms with van der Waals surface area (Å²) in [6.45, 7) is 5.24. The molecule has 4 rings (SSSR count). The van der Waals surface area contributed by atoms with Gasteiger partial charge in [-0.05, 0) is 85.9 Å². The topological polar surface area (TPSA) is 456 Å². The number of ketones is 4. The first-order chi connectivity index (χ1) is 42.5. The summed E-state index contributed by atoms with van der Waals surface area (Å²) in [5, 5.41) is 48.8. The van der Waals surface area contributed by atoms with Crippen molar-refractivity contribution in [2.24, 2.45) is 45.9 Å². The maximum Gasteiger partial charge on any atom is 0.315 e. The summed E-state index contributed by atoms with van der Waals surface area (Å²) >= 11 is 0. The van der Waals surface area contributed by atoms with Crippen molar-refractivity contribution in [1.82, 2.24) is 42.2 Å². The van der Waals surface area contributed by atoms with Gasteiger partial charge in [-0.2, -0.15) is 0 Å². The van der Waals surface area contributed by atoms with Crippen LogP contribution in [0.3, 0.4) is 0 Å². The molecule has 8 amide bonds. The first-order valence-electron chi connectivity index (χ1n) is 29.4. The number of H-pyrrole nitrogens is 1. The number of guanidine groups is 1. The van der Waals surface area contributed by atoms with Crippen molar-refractivity contribution in [3.63, 3.8) is 0 Å². The van der Waals surface area contributed by atoms with Gasteiger partial charge in [0.25, 0.3) is 0 Å². The molecule has 27 nitrogen and oxygen atoms in total. The molecule has 4 aromatic rings. The van der Waals surface area contributed by atoms with Crippen LogP contribution in [0.1, 0.15) is 102 Å². The molecule has 488 valence electrons. The number of benzene rings is 3. The molecule has 1 aromatic heterocycles. The SMILES string of the molecule is CN=C(N)NCCC[C@H](CC(=O)[C@H](CC(C)C)NC(=O)NCC(=O)[C@H](Cc1ccccc1F)NC(=O)[C@@H](CC(=O)[C@H](CC(N)=O)NC(=O)[C@H](CCC(=O)O)CC(=O)[C@@H](Cc1ccc(O)cc1)NC(C)=O)[C@@H](C)O)C(=O)N[C@@H](Cc1c[nH]c2ccccc12)C(N)=O. The minimum atomic E-state index is -1.82. The van der Waals surface area contributed by atoms with Crippen LogP contribution in [0.15, 0.2) is 84.0 Å². The van der Waals surface area contributed by atoms with Gasteiger partial charge in [0.2, 0.25) is 35.4 Å². The predicted octanol–water partition coefficient (Wildman–Crippen LogP) is 0.929. The molecule has 0 bridgehead atoms. The maximum absolute atomic E-state index is 15.2. The van der Waals surface area contributed by atoms with E-state index in [-0.39, 0.29) is 55.4 Å². The fourth-order valence-corrected chi connectivity index (χ4v) is 9.98. The molecule has 17 N–H and O–H groups in total. The van der Waals surface area contributed by atoms with Gasteiger partial charge in [-0.1, -0.05) is 62.4 Å². The van der Waals surface area contributed by atoms with Crippen LogP contribution in [0.25, 0.3) is 10.9 Å². The largest absolute Gasteiger partial charge is 0.508 e. The number of carboxylic acid groups (broad SMARTS) is 1. The number of fused-ring (bicyclic) bond motifs is 1. The number of rotatable bonds is 39. The normalized spacial score (nSPS) is 14.4. The van der Waals surface area contributed by atoms with Crippen molar-refractivity contribution in [3.05, 3.63) is 102 Å². The van der Waals surface area contributed by atoms with Crippen LogP contribution in [-0.4, -0.2) is 153 Å². The number of phenols is 1. The number of carbonyl (C=O) groups is 12. The van der Waals surface area contributed by atoms with Crippen LogP contribution in [-0.2, 0) is 72.0 Å². The third-order valence-corrected chi connectivity index (χ3v) is 14.9. The Morgan fingerprint density at radius 3 is 1.80 bits per heavy atom. The summed E-state index contributed by atoms with van der Waals surface area (Å²) in [5.74, 6) is -15.2. The molecule has 1 heterocycles. The molecular weight excluding hydrogens is 1170 g/mol. The Morgan fingerprint density at radius 1 is 0.622 bits per heavy atom. The Balaban J connectivity index is 1.52. The summed E-state index contributed by atoms with van der Waals surface area (Å²) in [6.07, 6.45) is -4.07. The molecule has 0 aliphatic heterocycles. The van der Waals surface area contributed by atoms with E-state index in [0.29, 0.717) is 17.5 Å². The number of Topliss-reactive ketones (excluding diaryl/α,β-unsaturated/α-hetero) is 4. The number of aromatic amines is 1. The average molecular weight is 1260 g/mol. The molecule has 0 saturated heterocycles. The van der Waals surface area contributed by atoms with Gasteiger partial charge >= 0.3 is 12.0 Å². The van der Waals surface area contributed by atoms with E-state index >= 15 is 4.39 Å². The summed E-state index contributed by atoms with van der Waals surface area (Å²) in [5.41, 5.74) is 19.0. The van der Waals surface area contributed by atoms with Crippen LogP contribution in [0.5, 0.6) is 5.75 Å². The Morgan fingerprint density at radius 2 is 1.20 bits per heavy atom. The van der Waals surface area contributed by atoms with E-state index < -0.39 is 182 Å². The number of aliphatic imine (C=N–C) groups is 1. The number of para-hydroxylation sites is 1. The molecule has 0 saturated carbocycles. The maximum atomic E-state index is 15.2. The summed E-state index contributed by atoms with van der Waals surface area (Å²) in [7, 11) is 1.48. The van der Waals surface area contributed by atoms with E-state index in [4.69, 9.17) is 17.2 Å². The minimum absolute atomic E-state index is 0.0304. The number of halogens is 1. The molecule has 9 atom stereocenters. The van der Waals surface area contributed by atoms with E-state index in [9.17, 15) is 72.9 Å². The van der Waals surface area contributed by atoms with E-state index in [1.54, 1.807) is 20.0 Å². The highest BCUT2D eigenvalue weighted by molar-refractivity contribution is 5.99. The van der Waals surface area contributed by atoms with Gasteiger partial charge in [0.05, 0.1) is 49.2 Å². The van der Waals surface area contributed by atoms with Crippen LogP contribution in [0, 0.1) is 29.5 Å². The van der Waals surface area contributed by atoms with E-state index in [1.165, 1.54) is 49.5 Å². The van der Waals surface area contributed by atoms with Gasteiger partial charge in [-0.15, -0.1) is 0 Å². The summed E-state index contributed by atoms with van der Waals surface area (Å²) < 4.78 is 15.2. The number of urea groups is 1. The average Bonchev–Trinajstić information content (AvgIpc) is 1.90. The van der Waals surface area contributed by atoms with Crippen LogP contribution >= 0.6 is 0 Å². The van der Waals surface area contributed by atoms with E-state index in [0.717, 1.165) is 30.8 Å². The fraction of sp³-hybridized carbons (Fsp3) is 0.468. The second-order valence-electron chi connectivity index (χ2n) is 22.6. The number of phenolic OH excluding ortho intramolecular Hbond substituents is 1. The monoisotopic (exact) mass is 1250 g/mol. The molecule has 0 spiro atoms. The smallest absolute Gasteiger partial charge is 0.315 e. The fourth-order valence-electron chi connectivity index (χ4n) is 9.98. The third-order valence-electron chi connectivity index (χ3n) is 14.9. The predicted molar refractivity (Wildman–Crippen MR) is 328 cm³/mol. The number of aromatic nitrogens is 1. The van der Waals surface area contributed by atoms with Crippen LogP contribution < -0.4 is 54.4 Å². The van der Waals surface area contributed by atoms with E-state index in [1.807, 2.05) is 24.3 Å². The second kappa shape index (κ2) is 36.0. The zero-order valence-corrected chi connectivity index (χ0v) is 51.0. The highest BCUT2D eigenvalue weighted by atomic mass is 19.1. The van der Waals surface area contributed by atoms with Gasteiger partial charge < -0.3 is 74.7 Å². The molecule has 0 fully saturated rings. The van der Waals surface area contributed by atoms with Gasteiger partial charge in [0, 0.05) is 88.0 Å². The number of carboxylic acids is 1. The number of aliphatic hydroxyl groups excluding tert-OH is 1. The van der Waals surface area contributed by atoms with Crippen molar-refractivity contribution in [2.75, 3.05) is 20.1 Å². The highest BCUT2D eigenvalue weighted by Crippen LogP contribution is 2.23. The molecule has 0 radical (unpaired) electrons. The number of nitrogens with two attached hydrogens (primary N) is 3. The molecule has 90 heavy (non-hydrogen) atoms. The first kappa shape index (κ1) is 72.9. The number of nitrogens with zero attached hydrogens (tertiary/aromatic N) is 1. The van der Waals surface area contributed by atoms with Gasteiger partial charge in [0.1, 0.15) is 17.6 Å². The minimum Gasteiger partial charge on any atom is -0.508 e. The number of primary amides is 2. The number of aliphatic carboxylic acids is 1. The molecular formula is C62H83FN12O15.